The zero-order valence-corrected chi connectivity index (χ0v) is 19.2. The van der Waals surface area contributed by atoms with Crippen molar-refractivity contribution in [3.05, 3.63) is 88.0 Å². The van der Waals surface area contributed by atoms with Crippen LogP contribution in [0.25, 0.3) is 22.3 Å². The Morgan fingerprint density at radius 1 is 0.969 bits per heavy atom. The zero-order valence-electron chi connectivity index (χ0n) is 16.8. The predicted octanol–water partition coefficient (Wildman–Crippen LogP) is 5.40. The Morgan fingerprint density at radius 3 is 2.44 bits per heavy atom. The van der Waals surface area contributed by atoms with Gasteiger partial charge in [-0.25, -0.2) is 13.4 Å². The quantitative estimate of drug-likeness (QED) is 0.408. The summed E-state index contributed by atoms with van der Waals surface area (Å²) in [4.78, 5) is 21.8. The third-order valence-electron chi connectivity index (χ3n) is 4.66. The minimum absolute atomic E-state index is 0.151. The molecule has 6 nitrogen and oxygen atoms in total. The first kappa shape index (κ1) is 22.2. The van der Waals surface area contributed by atoms with Gasteiger partial charge in [0.2, 0.25) is 0 Å². The molecular weight excluding hydrogens is 469 g/mol. The number of carbonyl (C=O) groups is 1. The summed E-state index contributed by atoms with van der Waals surface area (Å²) in [5.74, 6) is -0.583. The normalized spacial score (nSPS) is 11.5. The van der Waals surface area contributed by atoms with Gasteiger partial charge in [0.05, 0.1) is 44.3 Å². The van der Waals surface area contributed by atoms with Crippen molar-refractivity contribution in [1.82, 2.24) is 9.97 Å². The molecule has 0 aliphatic heterocycles. The number of nitrogens with one attached hydrogen (secondary N) is 1. The van der Waals surface area contributed by atoms with Gasteiger partial charge in [-0.3, -0.25) is 9.78 Å². The molecule has 4 aromatic rings. The fourth-order valence-electron chi connectivity index (χ4n) is 3.22. The predicted molar refractivity (Wildman–Crippen MR) is 128 cm³/mol. The lowest BCUT2D eigenvalue weighted by molar-refractivity contribution is 0.102. The number of fused-ring (bicyclic) bond motifs is 1. The van der Waals surface area contributed by atoms with E-state index in [1.807, 2.05) is 24.3 Å². The number of sulfone groups is 1. The van der Waals surface area contributed by atoms with Crippen LogP contribution < -0.4 is 5.32 Å². The number of anilines is 1. The van der Waals surface area contributed by atoms with Gasteiger partial charge in [-0.1, -0.05) is 41.4 Å². The summed E-state index contributed by atoms with van der Waals surface area (Å²) in [5.41, 5.74) is 3.94. The second kappa shape index (κ2) is 8.86. The van der Waals surface area contributed by atoms with Gasteiger partial charge in [0.1, 0.15) is 0 Å². The number of carbonyl (C=O) groups excluding carboxylic acids is 1. The number of hydrogen-bond donors (Lipinski definition) is 1. The number of aromatic nitrogens is 2. The van der Waals surface area contributed by atoms with Gasteiger partial charge in [0, 0.05) is 17.5 Å². The molecule has 0 fully saturated rings. The zero-order chi connectivity index (χ0) is 22.9. The molecule has 1 aromatic heterocycles. The Morgan fingerprint density at radius 2 is 1.72 bits per heavy atom. The second-order valence-corrected chi connectivity index (χ2v) is 10.2. The van der Waals surface area contributed by atoms with Crippen molar-refractivity contribution in [2.75, 3.05) is 11.6 Å². The van der Waals surface area contributed by atoms with Crippen molar-refractivity contribution in [2.24, 2.45) is 0 Å². The lowest BCUT2D eigenvalue weighted by atomic mass is 10.1. The number of benzene rings is 3. The Hall–Kier alpha value is -3.00. The van der Waals surface area contributed by atoms with E-state index in [9.17, 15) is 13.2 Å². The summed E-state index contributed by atoms with van der Waals surface area (Å²) < 4.78 is 23.0. The first-order chi connectivity index (χ1) is 15.2. The van der Waals surface area contributed by atoms with E-state index in [1.165, 1.54) is 12.1 Å². The largest absolute Gasteiger partial charge is 0.322 e. The van der Waals surface area contributed by atoms with E-state index < -0.39 is 15.7 Å². The highest BCUT2D eigenvalue weighted by molar-refractivity contribution is 7.89. The summed E-state index contributed by atoms with van der Waals surface area (Å²) in [7, 11) is -3.21. The first-order valence-corrected chi connectivity index (χ1v) is 12.3. The molecule has 9 heteroatoms. The fourth-order valence-corrected chi connectivity index (χ4v) is 4.51. The molecule has 0 bridgehead atoms. The molecule has 0 saturated carbocycles. The summed E-state index contributed by atoms with van der Waals surface area (Å²) in [6.45, 7) is 0. The molecule has 4 rings (SSSR count). The van der Waals surface area contributed by atoms with Crippen LogP contribution in [0.15, 0.2) is 66.9 Å². The standard InChI is InChI=1S/C23H17Cl2N3O3S/c1-32(30,31)13-14-6-8-16(19(25)10-14)23(29)27-15-7-9-18(24)17(11-15)22-12-26-20-4-2-3-5-21(20)28-22/h2-12H,13H2,1H3,(H,27,29). The van der Waals surface area contributed by atoms with Gasteiger partial charge < -0.3 is 5.32 Å². The molecule has 0 saturated heterocycles. The molecule has 0 spiro atoms. The highest BCUT2D eigenvalue weighted by atomic mass is 35.5. The molecule has 0 radical (unpaired) electrons. The van der Waals surface area contributed by atoms with Gasteiger partial charge >= 0.3 is 0 Å². The lowest BCUT2D eigenvalue weighted by Gasteiger charge is -2.11. The number of nitrogens with zero attached hydrogens (tertiary/aromatic N) is 2. The van der Waals surface area contributed by atoms with E-state index >= 15 is 0 Å². The van der Waals surface area contributed by atoms with Crippen LogP contribution in [0.1, 0.15) is 15.9 Å². The van der Waals surface area contributed by atoms with Gasteiger partial charge in [0.15, 0.2) is 9.84 Å². The van der Waals surface area contributed by atoms with E-state index in [-0.39, 0.29) is 16.3 Å². The maximum absolute atomic E-state index is 12.8. The van der Waals surface area contributed by atoms with Crippen LogP contribution >= 0.6 is 23.2 Å². The Balaban J connectivity index is 1.60. The molecule has 0 unspecified atom stereocenters. The Labute approximate surface area is 195 Å². The molecular formula is C23H17Cl2N3O3S. The lowest BCUT2D eigenvalue weighted by Crippen LogP contribution is -2.13. The maximum Gasteiger partial charge on any atom is 0.257 e. The average Bonchev–Trinajstić information content (AvgIpc) is 2.73. The summed E-state index contributed by atoms with van der Waals surface area (Å²) >= 11 is 12.6. The molecule has 3 aromatic carbocycles. The Kier molecular flexibility index (Phi) is 6.15. The van der Waals surface area contributed by atoms with Crippen LogP contribution in [0.5, 0.6) is 0 Å². The fraction of sp³-hybridized carbons (Fsp3) is 0.0870. The van der Waals surface area contributed by atoms with Gasteiger partial charge in [-0.2, -0.15) is 0 Å². The minimum atomic E-state index is -3.21. The van der Waals surface area contributed by atoms with E-state index in [4.69, 9.17) is 23.2 Å². The SMILES string of the molecule is CS(=O)(=O)Cc1ccc(C(=O)Nc2ccc(Cl)c(-c3cnc4ccccc4n3)c2)c(Cl)c1. The van der Waals surface area contributed by atoms with Gasteiger partial charge in [-0.05, 0) is 48.0 Å². The number of hydrogen-bond acceptors (Lipinski definition) is 5. The highest BCUT2D eigenvalue weighted by Crippen LogP contribution is 2.30. The average molecular weight is 486 g/mol. The molecule has 0 aliphatic rings. The molecule has 1 amide bonds. The van der Waals surface area contributed by atoms with E-state index in [0.29, 0.717) is 27.5 Å². The first-order valence-electron chi connectivity index (χ1n) is 9.49. The molecule has 1 N–H and O–H groups in total. The minimum Gasteiger partial charge on any atom is -0.322 e. The maximum atomic E-state index is 12.8. The smallest absolute Gasteiger partial charge is 0.257 e. The molecule has 162 valence electrons. The summed E-state index contributed by atoms with van der Waals surface area (Å²) in [6, 6.07) is 17.1. The topological polar surface area (TPSA) is 89.0 Å². The number of para-hydroxylation sites is 2. The molecule has 32 heavy (non-hydrogen) atoms. The van der Waals surface area contributed by atoms with Crippen molar-refractivity contribution >= 4 is 55.7 Å². The third-order valence-corrected chi connectivity index (χ3v) is 6.16. The molecule has 0 aliphatic carbocycles. The van der Waals surface area contributed by atoms with Gasteiger partial charge in [0.25, 0.3) is 5.91 Å². The summed E-state index contributed by atoms with van der Waals surface area (Å²) in [5, 5.41) is 3.43. The van der Waals surface area contributed by atoms with Gasteiger partial charge in [-0.15, -0.1) is 0 Å². The van der Waals surface area contributed by atoms with Crippen molar-refractivity contribution in [1.29, 1.82) is 0 Å². The van der Waals surface area contributed by atoms with Crippen molar-refractivity contribution in [2.45, 2.75) is 5.75 Å². The van der Waals surface area contributed by atoms with Crippen molar-refractivity contribution in [3.63, 3.8) is 0 Å². The summed E-state index contributed by atoms with van der Waals surface area (Å²) in [6.07, 6.45) is 2.77. The highest BCUT2D eigenvalue weighted by Gasteiger charge is 2.15. The third kappa shape index (κ3) is 5.07. The van der Waals surface area contributed by atoms with E-state index in [1.54, 1.807) is 30.5 Å². The number of rotatable bonds is 5. The number of halogens is 2. The Bertz CT molecular complexity index is 1460. The van der Waals surface area contributed by atoms with Crippen LogP contribution in [0.4, 0.5) is 5.69 Å². The van der Waals surface area contributed by atoms with Crippen LogP contribution in [0.2, 0.25) is 10.0 Å². The van der Waals surface area contributed by atoms with Crippen molar-refractivity contribution in [3.8, 4) is 11.3 Å². The van der Waals surface area contributed by atoms with Crippen LogP contribution in [-0.4, -0.2) is 30.5 Å². The van der Waals surface area contributed by atoms with E-state index in [2.05, 4.69) is 15.3 Å². The molecule has 1 heterocycles. The van der Waals surface area contributed by atoms with Crippen molar-refractivity contribution < 1.29 is 13.2 Å². The molecule has 0 atom stereocenters. The van der Waals surface area contributed by atoms with E-state index in [0.717, 1.165) is 17.3 Å². The van der Waals surface area contributed by atoms with Crippen LogP contribution in [-0.2, 0) is 15.6 Å². The number of amides is 1. The van der Waals surface area contributed by atoms with Crippen LogP contribution in [0.3, 0.4) is 0 Å². The monoisotopic (exact) mass is 485 g/mol. The second-order valence-electron chi connectivity index (χ2n) is 7.28. The van der Waals surface area contributed by atoms with Crippen LogP contribution in [0, 0.1) is 0 Å².